The molecule has 0 saturated heterocycles. The number of benzene rings is 1. The van der Waals surface area contributed by atoms with Crippen molar-refractivity contribution in [3.8, 4) is 0 Å². The maximum absolute atomic E-state index is 4.15. The minimum Gasteiger partial charge on any atom is -1.00 e. The Balaban J connectivity index is 0. The second-order valence-corrected chi connectivity index (χ2v) is 14.5. The summed E-state index contributed by atoms with van der Waals surface area (Å²) in [6.07, 6.45) is 36.1. The van der Waals surface area contributed by atoms with Gasteiger partial charge in [-0.3, -0.25) is 0 Å². The number of nitrogens with zero attached hydrogens (tertiary/aromatic N) is 2. The minimum atomic E-state index is 0. The third-order valence-electron chi connectivity index (χ3n) is 10.1. The molecule has 278 valence electrons. The van der Waals surface area contributed by atoms with E-state index < -0.39 is 0 Å². The zero-order valence-corrected chi connectivity index (χ0v) is 36.2. The van der Waals surface area contributed by atoms with Crippen molar-refractivity contribution >= 4 is 0 Å². The zero-order valence-electron chi connectivity index (χ0n) is 31.9. The Morgan fingerprint density at radius 3 is 0.854 bits per heavy atom. The summed E-state index contributed by atoms with van der Waals surface area (Å²) < 4.78 is 2.07. The van der Waals surface area contributed by atoms with E-state index >= 15 is 0 Å². The van der Waals surface area contributed by atoms with Crippen LogP contribution in [0.4, 0.5) is 0 Å². The molecule has 1 aromatic carbocycles. The molecule has 2 nitrogen and oxygen atoms in total. The lowest BCUT2D eigenvalue weighted by Crippen LogP contribution is -3.00. The molecule has 0 aliphatic heterocycles. The molecule has 0 atom stereocenters. The topological polar surface area (TPSA) is 0 Å². The normalized spacial score (nSPS) is 11.4. The number of unbranched alkanes of at least 4 members (excludes halogenated alkanes) is 18. The van der Waals surface area contributed by atoms with Crippen LogP contribution in [0.25, 0.3) is 0 Å². The van der Waals surface area contributed by atoms with Crippen molar-refractivity contribution in [2.24, 2.45) is 0 Å². The molecular formula is C44H78I2N2. The van der Waals surface area contributed by atoms with Crippen LogP contribution in [0.5, 0.6) is 0 Å². The first-order valence-corrected chi connectivity index (χ1v) is 19.7. The van der Waals surface area contributed by atoms with Gasteiger partial charge in [-0.1, -0.05) is 167 Å². The molecule has 0 N–H and O–H groups in total. The predicted molar refractivity (Wildman–Crippen MR) is 208 cm³/mol. The lowest BCUT2D eigenvalue weighted by atomic mass is 10.0. The highest BCUT2D eigenvalue weighted by Gasteiger charge is 2.27. The minimum absolute atomic E-state index is 0. The average Bonchev–Trinajstić information content (AvgIpc) is 3.04. The highest BCUT2D eigenvalue weighted by atomic mass is 127. The van der Waals surface area contributed by atoms with Crippen LogP contribution in [0.2, 0.25) is 0 Å². The van der Waals surface area contributed by atoms with Gasteiger partial charge in [-0.2, -0.15) is 0 Å². The van der Waals surface area contributed by atoms with Crippen LogP contribution < -0.4 is 48.0 Å². The molecule has 0 amide bonds. The smallest absolute Gasteiger partial charge is 0.105 e. The van der Waals surface area contributed by atoms with Crippen molar-refractivity contribution in [2.75, 3.05) is 39.3 Å². The van der Waals surface area contributed by atoms with Gasteiger partial charge in [0.25, 0.3) is 0 Å². The first-order chi connectivity index (χ1) is 22.5. The summed E-state index contributed by atoms with van der Waals surface area (Å²) in [6, 6.07) is 9.57. The van der Waals surface area contributed by atoms with Crippen molar-refractivity contribution in [3.05, 3.63) is 86.0 Å². The Hall–Kier alpha value is -0.440. The highest BCUT2D eigenvalue weighted by molar-refractivity contribution is 5.21. The Morgan fingerprint density at radius 2 is 0.625 bits per heavy atom. The van der Waals surface area contributed by atoms with E-state index in [4.69, 9.17) is 0 Å². The fourth-order valence-electron chi connectivity index (χ4n) is 7.42. The molecule has 0 aliphatic carbocycles. The third kappa shape index (κ3) is 23.9. The molecular weight excluding hydrogens is 810 g/mol. The van der Waals surface area contributed by atoms with Crippen LogP contribution in [-0.4, -0.2) is 48.2 Å². The number of rotatable bonds is 34. The van der Waals surface area contributed by atoms with Gasteiger partial charge in [-0.15, -0.1) is 0 Å². The van der Waals surface area contributed by atoms with E-state index in [0.717, 1.165) is 48.2 Å². The van der Waals surface area contributed by atoms with E-state index in [9.17, 15) is 0 Å². The maximum Gasteiger partial charge on any atom is 0.105 e. The van der Waals surface area contributed by atoms with Crippen LogP contribution in [-0.2, 0) is 13.1 Å². The average molecular weight is 889 g/mol. The maximum atomic E-state index is 4.15. The third-order valence-corrected chi connectivity index (χ3v) is 10.1. The van der Waals surface area contributed by atoms with Crippen molar-refractivity contribution < 1.29 is 56.9 Å². The molecule has 0 aromatic heterocycles. The SMILES string of the molecule is C=CC[N+](CC=C)(CCCCCCCCCCCC)Cc1ccc(C[N+](CC=C)(CC=C)CCCCCCCCCCCC)cc1.[I-].[I-]. The molecule has 4 heteroatoms. The predicted octanol–water partition coefficient (Wildman–Crippen LogP) is 6.91. The Bertz CT molecular complexity index is 801. The van der Waals surface area contributed by atoms with Crippen molar-refractivity contribution in [1.29, 1.82) is 0 Å². The largest absolute Gasteiger partial charge is 1.00 e. The quantitative estimate of drug-likeness (QED) is 0.0306. The van der Waals surface area contributed by atoms with E-state index in [1.165, 1.54) is 153 Å². The second-order valence-electron chi connectivity index (χ2n) is 14.5. The molecule has 0 aliphatic rings. The van der Waals surface area contributed by atoms with Gasteiger partial charge in [0.1, 0.15) is 13.1 Å². The van der Waals surface area contributed by atoms with E-state index in [0.29, 0.717) is 0 Å². The molecule has 1 aromatic rings. The summed E-state index contributed by atoms with van der Waals surface area (Å²) in [6.45, 7) is 29.7. The van der Waals surface area contributed by atoms with Gasteiger partial charge >= 0.3 is 0 Å². The van der Waals surface area contributed by atoms with Gasteiger partial charge in [0.2, 0.25) is 0 Å². The van der Waals surface area contributed by atoms with Crippen LogP contribution in [0, 0.1) is 0 Å². The first kappa shape index (κ1) is 49.7. The first-order valence-electron chi connectivity index (χ1n) is 19.7. The van der Waals surface area contributed by atoms with Gasteiger partial charge in [0.05, 0.1) is 39.3 Å². The fraction of sp³-hybridized carbons (Fsp3) is 0.682. The molecule has 0 heterocycles. The number of hydrogen-bond acceptors (Lipinski definition) is 0. The van der Waals surface area contributed by atoms with Gasteiger partial charge in [-0.05, 0) is 50.0 Å². The van der Waals surface area contributed by atoms with E-state index in [1.54, 1.807) is 0 Å². The van der Waals surface area contributed by atoms with Gasteiger partial charge in [0, 0.05) is 11.1 Å². The zero-order chi connectivity index (χ0) is 33.6. The summed E-state index contributed by atoms with van der Waals surface area (Å²) in [7, 11) is 0. The van der Waals surface area contributed by atoms with Crippen LogP contribution in [0.3, 0.4) is 0 Å². The molecule has 0 unspecified atom stereocenters. The van der Waals surface area contributed by atoms with Gasteiger partial charge in [0.15, 0.2) is 0 Å². The molecule has 0 radical (unpaired) electrons. The highest BCUT2D eigenvalue weighted by Crippen LogP contribution is 2.22. The van der Waals surface area contributed by atoms with Crippen LogP contribution in [0.1, 0.15) is 153 Å². The summed E-state index contributed by atoms with van der Waals surface area (Å²) >= 11 is 0. The summed E-state index contributed by atoms with van der Waals surface area (Å²) in [5, 5.41) is 0. The molecule has 0 saturated carbocycles. The van der Waals surface area contributed by atoms with E-state index in [2.05, 4.69) is 88.7 Å². The second kappa shape index (κ2) is 33.7. The lowest BCUT2D eigenvalue weighted by Gasteiger charge is -2.38. The van der Waals surface area contributed by atoms with E-state index in [1.807, 2.05) is 0 Å². The molecule has 0 spiro atoms. The van der Waals surface area contributed by atoms with Crippen LogP contribution >= 0.6 is 0 Å². The summed E-state index contributed by atoms with van der Waals surface area (Å²) in [5.74, 6) is 0. The number of hydrogen-bond donors (Lipinski definition) is 0. The number of halogens is 2. The van der Waals surface area contributed by atoms with E-state index in [-0.39, 0.29) is 48.0 Å². The molecule has 0 bridgehead atoms. The van der Waals surface area contributed by atoms with Crippen molar-refractivity contribution in [3.63, 3.8) is 0 Å². The van der Waals surface area contributed by atoms with Gasteiger partial charge in [-0.25, -0.2) is 0 Å². The Morgan fingerprint density at radius 1 is 0.396 bits per heavy atom. The van der Waals surface area contributed by atoms with Crippen molar-refractivity contribution in [2.45, 2.75) is 155 Å². The number of quaternary nitrogens is 2. The van der Waals surface area contributed by atoms with Crippen molar-refractivity contribution in [1.82, 2.24) is 0 Å². The molecule has 48 heavy (non-hydrogen) atoms. The summed E-state index contributed by atoms with van der Waals surface area (Å²) in [5.41, 5.74) is 2.86. The van der Waals surface area contributed by atoms with Gasteiger partial charge < -0.3 is 56.9 Å². The monoisotopic (exact) mass is 888 g/mol. The fourth-order valence-corrected chi connectivity index (χ4v) is 7.42. The molecule has 1 rings (SSSR count). The lowest BCUT2D eigenvalue weighted by molar-refractivity contribution is -0.930. The van der Waals surface area contributed by atoms with Crippen LogP contribution in [0.15, 0.2) is 74.9 Å². The standard InChI is InChI=1S/C44H78N2.2HI/c1-7-13-15-17-19-21-23-25-27-29-39-45(35-9-3,36-10-4)41-43-31-33-44(34-32-43)42-46(37-11-5,38-12-6)40-30-28-26-24-22-20-18-16-14-8-2;;/h9-12,31-34H,3-8,13-30,35-42H2,1-2H3;2*1H/q+2;;/p-2. The Labute approximate surface area is 335 Å². The molecule has 0 fully saturated rings. The Kier molecular flexibility index (Phi) is 34.9. The summed E-state index contributed by atoms with van der Waals surface area (Å²) in [4.78, 5) is 0.